The number of aromatic nitrogens is 2. The summed E-state index contributed by atoms with van der Waals surface area (Å²) in [7, 11) is 0. The van der Waals surface area contributed by atoms with Crippen LogP contribution < -0.4 is 5.32 Å². The van der Waals surface area contributed by atoms with E-state index in [1.807, 2.05) is 12.5 Å². The molecule has 90 valence electrons. The Morgan fingerprint density at radius 1 is 1.50 bits per heavy atom. The fourth-order valence-electron chi connectivity index (χ4n) is 2.07. The molecule has 0 radical (unpaired) electrons. The highest BCUT2D eigenvalue weighted by atomic mass is 16.5. The lowest BCUT2D eigenvalue weighted by Crippen LogP contribution is -2.26. The number of hydrogen-bond acceptors (Lipinski definition) is 3. The highest BCUT2D eigenvalue weighted by Crippen LogP contribution is 2.22. The van der Waals surface area contributed by atoms with Crippen molar-refractivity contribution in [2.75, 3.05) is 13.2 Å². The summed E-state index contributed by atoms with van der Waals surface area (Å²) in [5.74, 6) is 0. The number of imidazole rings is 1. The number of rotatable bonds is 4. The van der Waals surface area contributed by atoms with E-state index in [9.17, 15) is 0 Å². The van der Waals surface area contributed by atoms with Crippen molar-refractivity contribution < 1.29 is 4.74 Å². The monoisotopic (exact) mass is 223 g/mol. The fourth-order valence-corrected chi connectivity index (χ4v) is 2.07. The molecule has 2 rings (SSSR count). The first kappa shape index (κ1) is 11.6. The summed E-state index contributed by atoms with van der Waals surface area (Å²) in [6, 6.07) is 1.08. The van der Waals surface area contributed by atoms with Crippen LogP contribution in [-0.4, -0.2) is 28.8 Å². The Kier molecular flexibility index (Phi) is 3.96. The van der Waals surface area contributed by atoms with Crippen LogP contribution in [0.5, 0.6) is 0 Å². The van der Waals surface area contributed by atoms with Gasteiger partial charge in [-0.2, -0.15) is 0 Å². The summed E-state index contributed by atoms with van der Waals surface area (Å²) < 4.78 is 7.69. The summed E-state index contributed by atoms with van der Waals surface area (Å²) in [5.41, 5.74) is 1.28. The third-order valence-corrected chi connectivity index (χ3v) is 3.02. The van der Waals surface area contributed by atoms with E-state index >= 15 is 0 Å². The van der Waals surface area contributed by atoms with Crippen molar-refractivity contribution in [3.63, 3.8) is 0 Å². The summed E-state index contributed by atoms with van der Waals surface area (Å²) in [4.78, 5) is 4.26. The molecule has 0 aromatic carbocycles. The van der Waals surface area contributed by atoms with E-state index < -0.39 is 0 Å². The van der Waals surface area contributed by atoms with Crippen molar-refractivity contribution in [2.24, 2.45) is 0 Å². The van der Waals surface area contributed by atoms with Gasteiger partial charge < -0.3 is 14.6 Å². The molecule has 0 saturated carbocycles. The predicted molar refractivity (Wildman–Crippen MR) is 63.3 cm³/mol. The minimum Gasteiger partial charge on any atom is -0.381 e. The Morgan fingerprint density at radius 3 is 2.94 bits per heavy atom. The molecule has 4 nitrogen and oxygen atoms in total. The van der Waals surface area contributed by atoms with Crippen molar-refractivity contribution in [1.29, 1.82) is 0 Å². The van der Waals surface area contributed by atoms with Crippen LogP contribution in [0.1, 0.15) is 38.4 Å². The molecule has 0 amide bonds. The highest BCUT2D eigenvalue weighted by molar-refractivity contribution is 5.00. The minimum absolute atomic E-state index is 0.512. The molecule has 16 heavy (non-hydrogen) atoms. The van der Waals surface area contributed by atoms with Crippen molar-refractivity contribution >= 4 is 0 Å². The normalized spacial score (nSPS) is 18.2. The molecule has 2 heterocycles. The Hall–Kier alpha value is -0.870. The first-order chi connectivity index (χ1) is 7.77. The van der Waals surface area contributed by atoms with E-state index in [1.54, 1.807) is 0 Å². The molecular formula is C12H21N3O. The van der Waals surface area contributed by atoms with Crippen molar-refractivity contribution in [2.45, 2.75) is 45.3 Å². The van der Waals surface area contributed by atoms with Gasteiger partial charge in [0.05, 0.1) is 12.0 Å². The van der Waals surface area contributed by atoms with E-state index in [1.165, 1.54) is 5.69 Å². The number of nitrogens with one attached hydrogen (secondary N) is 1. The number of hydrogen-bond donors (Lipinski definition) is 1. The van der Waals surface area contributed by atoms with Crippen LogP contribution in [0.2, 0.25) is 0 Å². The molecule has 4 heteroatoms. The van der Waals surface area contributed by atoms with E-state index in [0.717, 1.165) is 32.6 Å². The standard InChI is InChI=1S/C12H21N3O/c1-10(2)14-8-12-7-13-9-15(12)11-3-5-16-6-4-11/h7,9-11,14H,3-6,8H2,1-2H3. The molecule has 1 saturated heterocycles. The molecular weight excluding hydrogens is 202 g/mol. The molecule has 0 aliphatic carbocycles. The maximum absolute atomic E-state index is 5.39. The van der Waals surface area contributed by atoms with Crippen LogP contribution in [-0.2, 0) is 11.3 Å². The quantitative estimate of drug-likeness (QED) is 0.845. The van der Waals surface area contributed by atoms with Gasteiger partial charge >= 0.3 is 0 Å². The maximum Gasteiger partial charge on any atom is 0.0951 e. The van der Waals surface area contributed by atoms with Gasteiger partial charge in [0.1, 0.15) is 0 Å². The average Bonchev–Trinajstić information content (AvgIpc) is 2.75. The zero-order chi connectivity index (χ0) is 11.4. The Morgan fingerprint density at radius 2 is 2.25 bits per heavy atom. The maximum atomic E-state index is 5.39. The van der Waals surface area contributed by atoms with Crippen LogP contribution in [0.3, 0.4) is 0 Å². The number of ether oxygens (including phenoxy) is 1. The van der Waals surface area contributed by atoms with E-state index in [0.29, 0.717) is 12.1 Å². The average molecular weight is 223 g/mol. The van der Waals surface area contributed by atoms with Gasteiger partial charge in [-0.15, -0.1) is 0 Å². The third kappa shape index (κ3) is 2.83. The van der Waals surface area contributed by atoms with Crippen LogP contribution in [0.4, 0.5) is 0 Å². The molecule has 0 spiro atoms. The van der Waals surface area contributed by atoms with Crippen molar-refractivity contribution in [3.8, 4) is 0 Å². The highest BCUT2D eigenvalue weighted by Gasteiger charge is 2.17. The van der Waals surface area contributed by atoms with Crippen molar-refractivity contribution in [3.05, 3.63) is 18.2 Å². The lowest BCUT2D eigenvalue weighted by molar-refractivity contribution is 0.0688. The van der Waals surface area contributed by atoms with Gasteiger partial charge in [0.15, 0.2) is 0 Å². The number of nitrogens with zero attached hydrogens (tertiary/aromatic N) is 2. The molecule has 0 unspecified atom stereocenters. The summed E-state index contributed by atoms with van der Waals surface area (Å²) >= 11 is 0. The second-order valence-corrected chi connectivity index (χ2v) is 4.67. The SMILES string of the molecule is CC(C)NCc1cncn1C1CCOCC1. The molecule has 1 fully saturated rings. The molecule has 0 bridgehead atoms. The summed E-state index contributed by atoms with van der Waals surface area (Å²) in [5, 5.41) is 3.44. The molecule has 1 aliphatic rings. The Labute approximate surface area is 97.0 Å². The third-order valence-electron chi connectivity index (χ3n) is 3.02. The van der Waals surface area contributed by atoms with Gasteiger partial charge in [-0.25, -0.2) is 4.98 Å². The lowest BCUT2D eigenvalue weighted by atomic mass is 10.1. The first-order valence-electron chi connectivity index (χ1n) is 6.09. The molecule has 1 aromatic heterocycles. The molecule has 1 aliphatic heterocycles. The van der Waals surface area contributed by atoms with Gasteiger partial charge in [-0.1, -0.05) is 13.8 Å². The van der Waals surface area contributed by atoms with Crippen LogP contribution in [0.15, 0.2) is 12.5 Å². The van der Waals surface area contributed by atoms with E-state index in [4.69, 9.17) is 4.74 Å². The summed E-state index contributed by atoms with van der Waals surface area (Å²) in [6.45, 7) is 6.97. The van der Waals surface area contributed by atoms with Crippen LogP contribution in [0.25, 0.3) is 0 Å². The van der Waals surface area contributed by atoms with Gasteiger partial charge in [0.25, 0.3) is 0 Å². The largest absolute Gasteiger partial charge is 0.381 e. The van der Waals surface area contributed by atoms with Crippen LogP contribution >= 0.6 is 0 Å². The van der Waals surface area contributed by atoms with Gasteiger partial charge in [0, 0.05) is 38.0 Å². The zero-order valence-electron chi connectivity index (χ0n) is 10.1. The second-order valence-electron chi connectivity index (χ2n) is 4.67. The predicted octanol–water partition coefficient (Wildman–Crippen LogP) is 1.73. The molecule has 1 N–H and O–H groups in total. The molecule has 0 atom stereocenters. The lowest BCUT2D eigenvalue weighted by Gasteiger charge is -2.25. The first-order valence-corrected chi connectivity index (χ1v) is 6.09. The van der Waals surface area contributed by atoms with Gasteiger partial charge in [-0.05, 0) is 12.8 Å². The Bertz CT molecular complexity index is 316. The smallest absolute Gasteiger partial charge is 0.0951 e. The molecule has 1 aromatic rings. The van der Waals surface area contributed by atoms with E-state index in [2.05, 4.69) is 28.7 Å². The van der Waals surface area contributed by atoms with Crippen LogP contribution in [0, 0.1) is 0 Å². The fraction of sp³-hybridized carbons (Fsp3) is 0.750. The second kappa shape index (κ2) is 5.46. The van der Waals surface area contributed by atoms with Crippen molar-refractivity contribution in [1.82, 2.24) is 14.9 Å². The topological polar surface area (TPSA) is 39.1 Å². The Balaban J connectivity index is 2.00. The van der Waals surface area contributed by atoms with Gasteiger partial charge in [0.2, 0.25) is 0 Å². The minimum atomic E-state index is 0.512. The van der Waals surface area contributed by atoms with E-state index in [-0.39, 0.29) is 0 Å². The summed E-state index contributed by atoms with van der Waals surface area (Å²) in [6.07, 6.45) is 6.12. The van der Waals surface area contributed by atoms with Gasteiger partial charge in [-0.3, -0.25) is 0 Å². The zero-order valence-corrected chi connectivity index (χ0v) is 10.1.